The fraction of sp³-hybridized carbons (Fsp3) is 0.400. The van der Waals surface area contributed by atoms with Gasteiger partial charge in [-0.2, -0.15) is 5.26 Å². The zero-order valence-corrected chi connectivity index (χ0v) is 6.30. The first-order valence-corrected chi connectivity index (χ1v) is 3.47. The Morgan fingerprint density at radius 1 is 1.90 bits per heavy atom. The Labute approximate surface area is 62.9 Å². The van der Waals surface area contributed by atoms with E-state index in [9.17, 15) is 0 Å². The first-order chi connectivity index (χ1) is 4.83. The van der Waals surface area contributed by atoms with Crippen LogP contribution < -0.4 is 0 Å². The molecular formula is C5H6N4S. The molecule has 0 atom stereocenters. The van der Waals surface area contributed by atoms with Gasteiger partial charge < -0.3 is 4.90 Å². The predicted octanol–water partition coefficient (Wildman–Crippen LogP) is 0.451. The standard InChI is InChI=1S/C5H6N4S/c1-9(4-6)3-5-2-7-8-10-5/h2H,3H2,1H3. The molecule has 5 heteroatoms. The van der Waals surface area contributed by atoms with Crippen LogP contribution in [-0.2, 0) is 6.54 Å². The van der Waals surface area contributed by atoms with Gasteiger partial charge in [0.2, 0.25) is 0 Å². The number of nitrogens with zero attached hydrogens (tertiary/aromatic N) is 4. The first-order valence-electron chi connectivity index (χ1n) is 2.70. The van der Waals surface area contributed by atoms with Crippen molar-refractivity contribution in [2.45, 2.75) is 6.54 Å². The Morgan fingerprint density at radius 2 is 2.70 bits per heavy atom. The smallest absolute Gasteiger partial charge is 0.179 e. The predicted molar refractivity (Wildman–Crippen MR) is 37.0 cm³/mol. The van der Waals surface area contributed by atoms with Gasteiger partial charge in [-0.3, -0.25) is 0 Å². The number of rotatable bonds is 2. The Bertz CT molecular complexity index is 224. The summed E-state index contributed by atoms with van der Waals surface area (Å²) >= 11 is 1.31. The van der Waals surface area contributed by atoms with Gasteiger partial charge in [-0.05, 0) is 11.5 Å². The van der Waals surface area contributed by atoms with Crippen molar-refractivity contribution in [1.29, 1.82) is 5.26 Å². The lowest BCUT2D eigenvalue weighted by molar-refractivity contribution is 0.474. The molecule has 10 heavy (non-hydrogen) atoms. The molecule has 0 saturated heterocycles. The molecule has 1 aromatic heterocycles. The Morgan fingerprint density at radius 3 is 3.20 bits per heavy atom. The van der Waals surface area contributed by atoms with Crippen LogP contribution in [0.1, 0.15) is 4.88 Å². The number of nitriles is 1. The molecule has 0 aliphatic heterocycles. The molecule has 1 rings (SSSR count). The molecule has 0 aromatic carbocycles. The molecule has 52 valence electrons. The van der Waals surface area contributed by atoms with Gasteiger partial charge >= 0.3 is 0 Å². The summed E-state index contributed by atoms with van der Waals surface area (Å²) in [5, 5.41) is 12.0. The summed E-state index contributed by atoms with van der Waals surface area (Å²) in [7, 11) is 1.72. The van der Waals surface area contributed by atoms with Crippen molar-refractivity contribution >= 4 is 11.5 Å². The summed E-state index contributed by atoms with van der Waals surface area (Å²) in [5.41, 5.74) is 0. The van der Waals surface area contributed by atoms with Crippen molar-refractivity contribution < 1.29 is 0 Å². The molecule has 0 N–H and O–H groups in total. The summed E-state index contributed by atoms with van der Waals surface area (Å²) in [5.74, 6) is 0. The van der Waals surface area contributed by atoms with Crippen LogP contribution in [-0.4, -0.2) is 21.5 Å². The van der Waals surface area contributed by atoms with Crippen LogP contribution in [0.4, 0.5) is 0 Å². The van der Waals surface area contributed by atoms with E-state index in [1.54, 1.807) is 13.2 Å². The van der Waals surface area contributed by atoms with Gasteiger partial charge in [-0.15, -0.1) is 5.10 Å². The third kappa shape index (κ3) is 1.67. The molecule has 4 nitrogen and oxygen atoms in total. The van der Waals surface area contributed by atoms with Crippen molar-refractivity contribution in [3.05, 3.63) is 11.1 Å². The molecule has 0 aliphatic carbocycles. The van der Waals surface area contributed by atoms with E-state index in [2.05, 4.69) is 9.59 Å². The van der Waals surface area contributed by atoms with Crippen LogP contribution in [0.15, 0.2) is 6.20 Å². The molecule has 1 heterocycles. The fourth-order valence-electron chi connectivity index (χ4n) is 0.526. The highest BCUT2D eigenvalue weighted by molar-refractivity contribution is 7.05. The quantitative estimate of drug-likeness (QED) is 0.458. The topological polar surface area (TPSA) is 52.8 Å². The largest absolute Gasteiger partial charge is 0.308 e. The van der Waals surface area contributed by atoms with Crippen molar-refractivity contribution in [3.63, 3.8) is 0 Å². The third-order valence-electron chi connectivity index (χ3n) is 0.971. The number of hydrogen-bond acceptors (Lipinski definition) is 5. The van der Waals surface area contributed by atoms with Crippen molar-refractivity contribution in [3.8, 4) is 6.19 Å². The first kappa shape index (κ1) is 6.96. The zero-order chi connectivity index (χ0) is 7.40. The maximum absolute atomic E-state index is 8.37. The van der Waals surface area contributed by atoms with Gasteiger partial charge in [0.05, 0.1) is 17.6 Å². The zero-order valence-electron chi connectivity index (χ0n) is 5.48. The average Bonchev–Trinajstić information content (AvgIpc) is 2.40. The summed E-state index contributed by atoms with van der Waals surface area (Å²) in [4.78, 5) is 2.53. The number of hydrogen-bond donors (Lipinski definition) is 0. The minimum atomic E-state index is 0.605. The molecule has 0 bridgehead atoms. The van der Waals surface area contributed by atoms with E-state index >= 15 is 0 Å². The summed E-state index contributed by atoms with van der Waals surface area (Å²) in [6.07, 6.45) is 3.65. The molecule has 0 fully saturated rings. The maximum Gasteiger partial charge on any atom is 0.179 e. The Kier molecular flexibility index (Phi) is 2.18. The second-order valence-electron chi connectivity index (χ2n) is 1.84. The van der Waals surface area contributed by atoms with Crippen molar-refractivity contribution in [2.24, 2.45) is 0 Å². The fourth-order valence-corrected chi connectivity index (χ4v) is 1.07. The summed E-state index contributed by atoms with van der Waals surface area (Å²) < 4.78 is 3.67. The summed E-state index contributed by atoms with van der Waals surface area (Å²) in [6, 6.07) is 0. The normalized spacial score (nSPS) is 8.80. The van der Waals surface area contributed by atoms with Crippen LogP contribution in [0.2, 0.25) is 0 Å². The van der Waals surface area contributed by atoms with E-state index in [4.69, 9.17) is 5.26 Å². The number of aromatic nitrogens is 2. The maximum atomic E-state index is 8.37. The van der Waals surface area contributed by atoms with E-state index < -0.39 is 0 Å². The highest BCUT2D eigenvalue weighted by Gasteiger charge is 1.97. The molecule has 0 aliphatic rings. The monoisotopic (exact) mass is 154 g/mol. The van der Waals surface area contributed by atoms with Crippen LogP contribution in [0.5, 0.6) is 0 Å². The SMILES string of the molecule is CN(C#N)Cc1cnns1. The Balaban J connectivity index is 2.50. The lowest BCUT2D eigenvalue weighted by Gasteiger charge is -2.03. The lowest BCUT2D eigenvalue weighted by Crippen LogP contribution is -2.08. The highest BCUT2D eigenvalue weighted by atomic mass is 32.1. The average molecular weight is 154 g/mol. The molecule has 0 amide bonds. The Hall–Kier alpha value is -1.15. The van der Waals surface area contributed by atoms with Crippen LogP contribution in [0.25, 0.3) is 0 Å². The molecular weight excluding hydrogens is 148 g/mol. The van der Waals surface area contributed by atoms with Gasteiger partial charge in [-0.1, -0.05) is 4.49 Å². The van der Waals surface area contributed by atoms with Gasteiger partial charge in [0.15, 0.2) is 6.19 Å². The molecule has 0 spiro atoms. The van der Waals surface area contributed by atoms with E-state index in [1.807, 2.05) is 6.19 Å². The third-order valence-corrected chi connectivity index (χ3v) is 1.62. The van der Waals surface area contributed by atoms with Gasteiger partial charge in [0.1, 0.15) is 0 Å². The molecule has 0 unspecified atom stereocenters. The second kappa shape index (κ2) is 3.13. The molecule has 1 aromatic rings. The minimum absolute atomic E-state index is 0.605. The second-order valence-corrected chi connectivity index (χ2v) is 2.71. The lowest BCUT2D eigenvalue weighted by atomic mass is 10.5. The van der Waals surface area contributed by atoms with Gasteiger partial charge in [0.25, 0.3) is 0 Å². The van der Waals surface area contributed by atoms with E-state index in [-0.39, 0.29) is 0 Å². The van der Waals surface area contributed by atoms with Crippen molar-refractivity contribution in [1.82, 2.24) is 14.5 Å². The minimum Gasteiger partial charge on any atom is -0.308 e. The van der Waals surface area contributed by atoms with Crippen LogP contribution >= 0.6 is 11.5 Å². The van der Waals surface area contributed by atoms with E-state index in [0.717, 1.165) is 4.88 Å². The van der Waals surface area contributed by atoms with Gasteiger partial charge in [0, 0.05) is 7.05 Å². The molecule has 0 saturated carbocycles. The van der Waals surface area contributed by atoms with E-state index in [0.29, 0.717) is 6.54 Å². The van der Waals surface area contributed by atoms with Crippen molar-refractivity contribution in [2.75, 3.05) is 7.05 Å². The summed E-state index contributed by atoms with van der Waals surface area (Å²) in [6.45, 7) is 0.605. The van der Waals surface area contributed by atoms with Crippen LogP contribution in [0, 0.1) is 11.5 Å². The van der Waals surface area contributed by atoms with Gasteiger partial charge in [-0.25, -0.2) is 0 Å². The molecule has 0 radical (unpaired) electrons. The van der Waals surface area contributed by atoms with E-state index in [1.165, 1.54) is 16.4 Å². The van der Waals surface area contributed by atoms with Crippen LogP contribution in [0.3, 0.4) is 0 Å². The highest BCUT2D eigenvalue weighted by Crippen LogP contribution is 2.03.